The van der Waals surface area contributed by atoms with Gasteiger partial charge in [-0.15, -0.1) is 0 Å². The van der Waals surface area contributed by atoms with Crippen molar-refractivity contribution >= 4 is 17.6 Å². The molecule has 0 aliphatic rings. The molecule has 120 valence electrons. The van der Waals surface area contributed by atoms with Gasteiger partial charge >= 0.3 is 5.97 Å². The summed E-state index contributed by atoms with van der Waals surface area (Å²) < 4.78 is 10.7. The van der Waals surface area contributed by atoms with Crippen LogP contribution in [0, 0.1) is 0 Å². The molecule has 2 rings (SSSR count). The highest BCUT2D eigenvalue weighted by Crippen LogP contribution is 2.23. The van der Waals surface area contributed by atoms with Gasteiger partial charge in [0.1, 0.15) is 11.5 Å². The second-order valence-corrected chi connectivity index (χ2v) is 5.01. The predicted molar refractivity (Wildman–Crippen MR) is 90.7 cm³/mol. The van der Waals surface area contributed by atoms with Gasteiger partial charge in [-0.05, 0) is 47.9 Å². The molecule has 2 aromatic carbocycles. The minimum Gasteiger partial charge on any atom is -0.497 e. The van der Waals surface area contributed by atoms with Gasteiger partial charge in [-0.3, -0.25) is 0 Å². The van der Waals surface area contributed by atoms with Gasteiger partial charge in [-0.25, -0.2) is 4.79 Å². The summed E-state index contributed by atoms with van der Waals surface area (Å²) in [5.41, 5.74) is 1.63. The summed E-state index contributed by atoms with van der Waals surface area (Å²) in [7, 11) is 1.57. The lowest BCUT2D eigenvalue weighted by Gasteiger charge is -2.07. The summed E-state index contributed by atoms with van der Waals surface area (Å²) in [5.74, 6) is 0.448. The molecular formula is C19H20O4. The summed E-state index contributed by atoms with van der Waals surface area (Å²) in [6.07, 6.45) is 2.56. The van der Waals surface area contributed by atoms with E-state index in [2.05, 4.69) is 0 Å². The number of rotatable bonds is 7. The standard InChI is InChI=1S/C19H20O4/c1-3-11-23-17-6-4-5-14(12-17)13-18(19(20)21)15-7-9-16(22-2)10-8-15/h4-10,12-13H,3,11H2,1-2H3,(H,20,21)/b18-13+. The Labute approximate surface area is 136 Å². The van der Waals surface area contributed by atoms with Crippen LogP contribution in [0.25, 0.3) is 11.6 Å². The van der Waals surface area contributed by atoms with Gasteiger partial charge in [0.05, 0.1) is 19.3 Å². The number of carboxylic acids is 1. The van der Waals surface area contributed by atoms with Gasteiger partial charge < -0.3 is 14.6 Å². The first-order valence-electron chi connectivity index (χ1n) is 7.46. The molecule has 0 saturated carbocycles. The van der Waals surface area contributed by atoms with E-state index in [-0.39, 0.29) is 5.57 Å². The number of carboxylic acid groups (broad SMARTS) is 1. The molecule has 0 atom stereocenters. The van der Waals surface area contributed by atoms with Crippen molar-refractivity contribution in [3.63, 3.8) is 0 Å². The third kappa shape index (κ3) is 4.61. The molecule has 0 unspecified atom stereocenters. The Bertz CT molecular complexity index is 687. The molecule has 0 aliphatic carbocycles. The smallest absolute Gasteiger partial charge is 0.336 e. The van der Waals surface area contributed by atoms with Crippen LogP contribution in [0.15, 0.2) is 48.5 Å². The highest BCUT2D eigenvalue weighted by Gasteiger charge is 2.11. The zero-order chi connectivity index (χ0) is 16.7. The van der Waals surface area contributed by atoms with Crippen molar-refractivity contribution in [3.8, 4) is 11.5 Å². The second kappa shape index (κ2) is 8.03. The van der Waals surface area contributed by atoms with Gasteiger partial charge in [0, 0.05) is 0 Å². The molecule has 0 fully saturated rings. The normalized spacial score (nSPS) is 11.1. The first-order valence-corrected chi connectivity index (χ1v) is 7.46. The molecule has 4 heteroatoms. The van der Waals surface area contributed by atoms with Gasteiger partial charge in [0.2, 0.25) is 0 Å². The summed E-state index contributed by atoms with van der Waals surface area (Å²) in [6, 6.07) is 14.4. The second-order valence-electron chi connectivity index (χ2n) is 5.01. The van der Waals surface area contributed by atoms with Crippen molar-refractivity contribution in [1.29, 1.82) is 0 Å². The van der Waals surface area contributed by atoms with E-state index < -0.39 is 5.97 Å². The number of ether oxygens (including phenoxy) is 2. The summed E-state index contributed by atoms with van der Waals surface area (Å²) >= 11 is 0. The van der Waals surface area contributed by atoms with Crippen molar-refractivity contribution in [2.24, 2.45) is 0 Å². The van der Waals surface area contributed by atoms with Gasteiger partial charge in [-0.1, -0.05) is 31.2 Å². The fraction of sp³-hybridized carbons (Fsp3) is 0.211. The Morgan fingerprint density at radius 1 is 1.13 bits per heavy atom. The van der Waals surface area contributed by atoms with Gasteiger partial charge in [0.15, 0.2) is 0 Å². The van der Waals surface area contributed by atoms with E-state index in [0.717, 1.165) is 17.7 Å². The lowest BCUT2D eigenvalue weighted by Crippen LogP contribution is -2.00. The Hall–Kier alpha value is -2.75. The molecular weight excluding hydrogens is 292 g/mol. The molecule has 0 heterocycles. The highest BCUT2D eigenvalue weighted by atomic mass is 16.5. The molecule has 0 bridgehead atoms. The van der Waals surface area contributed by atoms with E-state index in [1.807, 2.05) is 31.2 Å². The minimum absolute atomic E-state index is 0.222. The average molecular weight is 312 g/mol. The largest absolute Gasteiger partial charge is 0.497 e. The topological polar surface area (TPSA) is 55.8 Å². The summed E-state index contributed by atoms with van der Waals surface area (Å²) in [6.45, 7) is 2.67. The van der Waals surface area contributed by atoms with Crippen LogP contribution < -0.4 is 9.47 Å². The van der Waals surface area contributed by atoms with Crippen molar-refractivity contribution < 1.29 is 19.4 Å². The van der Waals surface area contributed by atoms with Crippen molar-refractivity contribution in [2.75, 3.05) is 13.7 Å². The van der Waals surface area contributed by atoms with E-state index >= 15 is 0 Å². The quantitative estimate of drug-likeness (QED) is 0.617. The van der Waals surface area contributed by atoms with Gasteiger partial charge in [0.25, 0.3) is 0 Å². The Morgan fingerprint density at radius 3 is 2.48 bits per heavy atom. The van der Waals surface area contributed by atoms with Crippen LogP contribution in [0.3, 0.4) is 0 Å². The fourth-order valence-electron chi connectivity index (χ4n) is 2.12. The molecule has 4 nitrogen and oxygen atoms in total. The van der Waals surface area contributed by atoms with Crippen LogP contribution in [0.2, 0.25) is 0 Å². The Balaban J connectivity index is 2.32. The van der Waals surface area contributed by atoms with Crippen LogP contribution in [0.4, 0.5) is 0 Å². The maximum absolute atomic E-state index is 11.6. The van der Waals surface area contributed by atoms with Gasteiger partial charge in [-0.2, -0.15) is 0 Å². The molecule has 0 saturated heterocycles. The molecule has 0 aromatic heterocycles. The monoisotopic (exact) mass is 312 g/mol. The van der Waals surface area contributed by atoms with Crippen molar-refractivity contribution in [2.45, 2.75) is 13.3 Å². The summed E-state index contributed by atoms with van der Waals surface area (Å²) in [4.78, 5) is 11.6. The third-order valence-corrected chi connectivity index (χ3v) is 3.27. The number of hydrogen-bond acceptors (Lipinski definition) is 3. The Morgan fingerprint density at radius 2 is 1.87 bits per heavy atom. The number of aliphatic carboxylic acids is 1. The van der Waals surface area contributed by atoms with Crippen molar-refractivity contribution in [1.82, 2.24) is 0 Å². The first-order chi connectivity index (χ1) is 11.1. The lowest BCUT2D eigenvalue weighted by molar-refractivity contribution is -0.130. The van der Waals surface area contributed by atoms with E-state index in [9.17, 15) is 9.90 Å². The highest BCUT2D eigenvalue weighted by molar-refractivity contribution is 6.20. The fourth-order valence-corrected chi connectivity index (χ4v) is 2.12. The zero-order valence-electron chi connectivity index (χ0n) is 13.3. The molecule has 0 amide bonds. The minimum atomic E-state index is -0.977. The maximum atomic E-state index is 11.6. The molecule has 2 aromatic rings. The van der Waals surface area contributed by atoms with E-state index in [0.29, 0.717) is 17.9 Å². The van der Waals surface area contributed by atoms with E-state index in [1.165, 1.54) is 0 Å². The first kappa shape index (κ1) is 16.6. The predicted octanol–water partition coefficient (Wildman–Crippen LogP) is 4.11. The molecule has 0 spiro atoms. The van der Waals surface area contributed by atoms with Crippen LogP contribution in [-0.4, -0.2) is 24.8 Å². The summed E-state index contributed by atoms with van der Waals surface area (Å²) in [5, 5.41) is 9.49. The maximum Gasteiger partial charge on any atom is 0.336 e. The number of hydrogen-bond donors (Lipinski definition) is 1. The molecule has 0 aliphatic heterocycles. The number of benzene rings is 2. The van der Waals surface area contributed by atoms with Crippen LogP contribution in [-0.2, 0) is 4.79 Å². The molecule has 1 N–H and O–H groups in total. The zero-order valence-corrected chi connectivity index (χ0v) is 13.3. The van der Waals surface area contributed by atoms with E-state index in [4.69, 9.17) is 9.47 Å². The van der Waals surface area contributed by atoms with Crippen LogP contribution >= 0.6 is 0 Å². The van der Waals surface area contributed by atoms with Crippen LogP contribution in [0.1, 0.15) is 24.5 Å². The lowest BCUT2D eigenvalue weighted by atomic mass is 10.0. The third-order valence-electron chi connectivity index (χ3n) is 3.27. The molecule has 0 radical (unpaired) electrons. The van der Waals surface area contributed by atoms with E-state index in [1.54, 1.807) is 37.5 Å². The molecule has 23 heavy (non-hydrogen) atoms. The van der Waals surface area contributed by atoms with Crippen molar-refractivity contribution in [3.05, 3.63) is 59.7 Å². The Kier molecular flexibility index (Phi) is 5.80. The SMILES string of the molecule is CCCOc1cccc(/C=C(/C(=O)O)c2ccc(OC)cc2)c1. The number of methoxy groups -OCH3 is 1. The average Bonchev–Trinajstić information content (AvgIpc) is 2.58. The number of carbonyl (C=O) groups is 1. The van der Waals surface area contributed by atoms with Crippen LogP contribution in [0.5, 0.6) is 11.5 Å².